The van der Waals surface area contributed by atoms with Gasteiger partial charge in [0.15, 0.2) is 11.7 Å². The fourth-order valence-electron chi connectivity index (χ4n) is 3.81. The van der Waals surface area contributed by atoms with E-state index in [1.807, 2.05) is 11.0 Å². The molecule has 3 heterocycles. The van der Waals surface area contributed by atoms with Crippen LogP contribution in [0.4, 0.5) is 0 Å². The van der Waals surface area contributed by atoms with Gasteiger partial charge in [-0.2, -0.15) is 0 Å². The lowest BCUT2D eigenvalue weighted by Gasteiger charge is -2.37. The van der Waals surface area contributed by atoms with Gasteiger partial charge in [0.2, 0.25) is 5.91 Å². The summed E-state index contributed by atoms with van der Waals surface area (Å²) in [5, 5.41) is 7.49. The zero-order valence-corrected chi connectivity index (χ0v) is 18.2. The lowest BCUT2D eigenvalue weighted by molar-refractivity contribution is -0.133. The zero-order valence-electron chi connectivity index (χ0n) is 18.2. The van der Waals surface area contributed by atoms with E-state index in [4.69, 9.17) is 9.52 Å². The molecule has 0 saturated carbocycles. The van der Waals surface area contributed by atoms with Gasteiger partial charge in [-0.15, -0.1) is 0 Å². The molecule has 29 heavy (non-hydrogen) atoms. The van der Waals surface area contributed by atoms with Crippen LogP contribution in [0.15, 0.2) is 15.6 Å². The summed E-state index contributed by atoms with van der Waals surface area (Å²) in [6, 6.07) is 1.99. The number of guanidine groups is 1. The van der Waals surface area contributed by atoms with Gasteiger partial charge in [0.25, 0.3) is 0 Å². The highest BCUT2D eigenvalue weighted by Gasteiger charge is 2.24. The molecule has 8 heteroatoms. The van der Waals surface area contributed by atoms with Crippen LogP contribution in [0.25, 0.3) is 0 Å². The molecule has 3 rings (SSSR count). The van der Waals surface area contributed by atoms with Crippen molar-refractivity contribution < 1.29 is 9.32 Å². The fraction of sp³-hybridized carbons (Fsp3) is 0.762. The van der Waals surface area contributed by atoms with Crippen molar-refractivity contribution in [2.75, 3.05) is 52.4 Å². The van der Waals surface area contributed by atoms with Gasteiger partial charge in [0.05, 0.1) is 12.2 Å². The number of piperazine rings is 1. The molecular weight excluding hydrogens is 368 g/mol. The number of amides is 1. The number of carbonyl (C=O) groups is 1. The molecule has 2 fully saturated rings. The number of likely N-dealkylation sites (tertiary alicyclic amines) is 1. The molecule has 8 nitrogen and oxygen atoms in total. The average Bonchev–Trinajstić information content (AvgIpc) is 3.22. The second kappa shape index (κ2) is 10.6. The predicted octanol–water partition coefficient (Wildman–Crippen LogP) is 1.89. The van der Waals surface area contributed by atoms with Gasteiger partial charge in [0.1, 0.15) is 6.54 Å². The van der Waals surface area contributed by atoms with Gasteiger partial charge in [-0.3, -0.25) is 9.69 Å². The Kier molecular flexibility index (Phi) is 7.91. The topological polar surface area (TPSA) is 77.2 Å². The molecule has 1 aromatic heterocycles. The second-order valence-corrected chi connectivity index (χ2v) is 8.25. The predicted molar refractivity (Wildman–Crippen MR) is 114 cm³/mol. The average molecular weight is 405 g/mol. The van der Waals surface area contributed by atoms with E-state index >= 15 is 0 Å². The van der Waals surface area contributed by atoms with Crippen LogP contribution in [0, 0.1) is 0 Å². The van der Waals surface area contributed by atoms with Crippen LogP contribution in [0.3, 0.4) is 0 Å². The first-order valence-corrected chi connectivity index (χ1v) is 11.1. The van der Waals surface area contributed by atoms with E-state index in [9.17, 15) is 4.79 Å². The van der Waals surface area contributed by atoms with Crippen molar-refractivity contribution in [2.24, 2.45) is 4.99 Å². The second-order valence-electron chi connectivity index (χ2n) is 8.25. The highest BCUT2D eigenvalue weighted by Crippen LogP contribution is 2.15. The number of nitrogens with zero attached hydrogens (tertiary/aromatic N) is 5. The number of piperidine rings is 1. The smallest absolute Gasteiger partial charge is 0.236 e. The normalized spacial score (nSPS) is 19.1. The number of aromatic nitrogens is 1. The van der Waals surface area contributed by atoms with Crippen LogP contribution in [0.2, 0.25) is 0 Å². The number of hydrogen-bond donors (Lipinski definition) is 1. The number of aliphatic imine (C=N–C) groups is 1. The van der Waals surface area contributed by atoms with Crippen LogP contribution in [0.5, 0.6) is 0 Å². The maximum absolute atomic E-state index is 12.5. The summed E-state index contributed by atoms with van der Waals surface area (Å²) in [5.74, 6) is 2.32. The van der Waals surface area contributed by atoms with Crippen LogP contribution in [-0.4, -0.2) is 84.1 Å². The van der Waals surface area contributed by atoms with Crippen molar-refractivity contribution in [2.45, 2.75) is 52.5 Å². The van der Waals surface area contributed by atoms with Crippen molar-refractivity contribution in [3.05, 3.63) is 17.5 Å². The van der Waals surface area contributed by atoms with Crippen molar-refractivity contribution in [3.63, 3.8) is 0 Å². The van der Waals surface area contributed by atoms with E-state index in [0.717, 1.165) is 76.1 Å². The third kappa shape index (κ3) is 6.19. The lowest BCUT2D eigenvalue weighted by atomic mass is 10.1. The van der Waals surface area contributed by atoms with E-state index in [1.165, 1.54) is 6.42 Å². The number of rotatable bonds is 6. The fourth-order valence-corrected chi connectivity index (χ4v) is 3.81. The standard InChI is InChI=1S/C21H36N6O2/c1-4-22-21(23-15-18-14-19(17(2)3)24-29-18)27-12-10-25(11-13-27)16-20(28)26-8-6-5-7-9-26/h14,17H,4-13,15-16H2,1-3H3,(H,22,23). The molecule has 0 aliphatic carbocycles. The van der Waals surface area contributed by atoms with Gasteiger partial charge in [0, 0.05) is 51.9 Å². The van der Waals surface area contributed by atoms with Crippen molar-refractivity contribution >= 4 is 11.9 Å². The minimum Gasteiger partial charge on any atom is -0.359 e. The van der Waals surface area contributed by atoms with E-state index in [0.29, 0.717) is 19.0 Å². The third-order valence-electron chi connectivity index (χ3n) is 5.63. The Morgan fingerprint density at radius 3 is 2.48 bits per heavy atom. The molecule has 1 aromatic rings. The maximum Gasteiger partial charge on any atom is 0.236 e. The molecule has 1 amide bonds. The summed E-state index contributed by atoms with van der Waals surface area (Å²) in [4.78, 5) is 23.8. The summed E-state index contributed by atoms with van der Waals surface area (Å²) in [5.41, 5.74) is 0.965. The van der Waals surface area contributed by atoms with Gasteiger partial charge in [-0.05, 0) is 32.1 Å². The molecule has 0 aromatic carbocycles. The van der Waals surface area contributed by atoms with E-state index in [-0.39, 0.29) is 5.91 Å². The first-order valence-electron chi connectivity index (χ1n) is 11.1. The molecule has 2 saturated heterocycles. The van der Waals surface area contributed by atoms with Gasteiger partial charge in [-0.1, -0.05) is 19.0 Å². The van der Waals surface area contributed by atoms with Crippen molar-refractivity contribution in [1.82, 2.24) is 25.2 Å². The SMILES string of the molecule is CCNC(=NCc1cc(C(C)C)no1)N1CCN(CC(=O)N2CCCCC2)CC1. The summed E-state index contributed by atoms with van der Waals surface area (Å²) in [6.45, 7) is 13.5. The molecule has 162 valence electrons. The number of hydrogen-bond acceptors (Lipinski definition) is 5. The Labute approximate surface area is 174 Å². The van der Waals surface area contributed by atoms with Crippen molar-refractivity contribution in [3.8, 4) is 0 Å². The Bertz CT molecular complexity index is 672. The molecule has 2 aliphatic rings. The van der Waals surface area contributed by atoms with Crippen molar-refractivity contribution in [1.29, 1.82) is 0 Å². The third-order valence-corrected chi connectivity index (χ3v) is 5.63. The Morgan fingerprint density at radius 2 is 1.86 bits per heavy atom. The summed E-state index contributed by atoms with van der Waals surface area (Å²) in [6.07, 6.45) is 3.54. The zero-order chi connectivity index (χ0) is 20.6. The Morgan fingerprint density at radius 1 is 1.14 bits per heavy atom. The molecule has 2 aliphatic heterocycles. The minimum atomic E-state index is 0.282. The van der Waals surface area contributed by atoms with E-state index in [2.05, 4.69) is 41.0 Å². The molecule has 0 unspecified atom stereocenters. The summed E-state index contributed by atoms with van der Waals surface area (Å²) < 4.78 is 5.41. The Balaban J connectivity index is 1.50. The molecule has 0 radical (unpaired) electrons. The van der Waals surface area contributed by atoms with Crippen LogP contribution in [0.1, 0.15) is 57.4 Å². The van der Waals surface area contributed by atoms with Gasteiger partial charge in [-0.25, -0.2) is 4.99 Å². The molecule has 0 atom stereocenters. The number of carbonyl (C=O) groups excluding carboxylic acids is 1. The molecule has 0 spiro atoms. The Hall–Kier alpha value is -2.09. The monoisotopic (exact) mass is 404 g/mol. The molecular formula is C21H36N6O2. The largest absolute Gasteiger partial charge is 0.359 e. The highest BCUT2D eigenvalue weighted by atomic mass is 16.5. The lowest BCUT2D eigenvalue weighted by Crippen LogP contribution is -2.54. The van der Waals surface area contributed by atoms with Crippen LogP contribution in [-0.2, 0) is 11.3 Å². The van der Waals surface area contributed by atoms with Gasteiger partial charge >= 0.3 is 0 Å². The molecule has 0 bridgehead atoms. The first-order chi connectivity index (χ1) is 14.1. The summed E-state index contributed by atoms with van der Waals surface area (Å²) in [7, 11) is 0. The first kappa shape index (κ1) is 21.6. The van der Waals surface area contributed by atoms with E-state index in [1.54, 1.807) is 0 Å². The van der Waals surface area contributed by atoms with Crippen LogP contribution < -0.4 is 5.32 Å². The minimum absolute atomic E-state index is 0.282. The molecule has 1 N–H and O–H groups in total. The number of nitrogens with one attached hydrogen (secondary N) is 1. The van der Waals surface area contributed by atoms with E-state index < -0.39 is 0 Å². The van der Waals surface area contributed by atoms with Gasteiger partial charge < -0.3 is 19.6 Å². The van der Waals surface area contributed by atoms with Crippen LogP contribution >= 0.6 is 0 Å². The quantitative estimate of drug-likeness (QED) is 0.576. The highest BCUT2D eigenvalue weighted by molar-refractivity contribution is 5.80. The maximum atomic E-state index is 12.5. The summed E-state index contributed by atoms with van der Waals surface area (Å²) >= 11 is 0.